The molecule has 1 atom stereocenters. The number of nitrogens with zero attached hydrogens (tertiary/aromatic N) is 2. The Morgan fingerprint density at radius 1 is 1.37 bits per heavy atom. The molecule has 2 heterocycles. The molecular formula is C14H15BrN2OS. The van der Waals surface area contributed by atoms with Crippen molar-refractivity contribution in [2.24, 2.45) is 0 Å². The molecule has 0 N–H and O–H groups in total. The molecule has 3 rings (SSSR count). The van der Waals surface area contributed by atoms with E-state index in [1.54, 1.807) is 4.90 Å². The molecule has 0 aliphatic carbocycles. The number of thiocarbonyl (C=S) groups is 1. The third-order valence-corrected chi connectivity index (χ3v) is 5.15. The van der Waals surface area contributed by atoms with Gasteiger partial charge >= 0.3 is 0 Å². The van der Waals surface area contributed by atoms with E-state index in [9.17, 15) is 4.79 Å². The lowest BCUT2D eigenvalue weighted by Crippen LogP contribution is -2.38. The summed E-state index contributed by atoms with van der Waals surface area (Å²) in [6.07, 6.45) is 3.16. The highest BCUT2D eigenvalue weighted by Crippen LogP contribution is 2.32. The summed E-state index contributed by atoms with van der Waals surface area (Å²) in [5.74, 6) is 0.131. The first-order valence-corrected chi connectivity index (χ1v) is 7.70. The number of halogens is 1. The van der Waals surface area contributed by atoms with Crippen LogP contribution in [-0.4, -0.2) is 28.5 Å². The number of benzene rings is 1. The molecule has 2 aliphatic heterocycles. The van der Waals surface area contributed by atoms with Gasteiger partial charge in [0.15, 0.2) is 5.11 Å². The Labute approximate surface area is 126 Å². The van der Waals surface area contributed by atoms with E-state index in [0.717, 1.165) is 41.5 Å². The second kappa shape index (κ2) is 4.87. The number of aryl methyl sites for hydroxylation is 1. The topological polar surface area (TPSA) is 23.6 Å². The number of piperidine rings is 1. The van der Waals surface area contributed by atoms with Crippen LogP contribution in [0.15, 0.2) is 22.7 Å². The van der Waals surface area contributed by atoms with E-state index in [2.05, 4.69) is 20.8 Å². The molecule has 5 heteroatoms. The molecule has 0 spiro atoms. The van der Waals surface area contributed by atoms with Crippen LogP contribution in [0.1, 0.15) is 24.8 Å². The van der Waals surface area contributed by atoms with Gasteiger partial charge in [0.2, 0.25) is 0 Å². The maximum absolute atomic E-state index is 12.5. The summed E-state index contributed by atoms with van der Waals surface area (Å²) in [7, 11) is 0. The standard InChI is InChI=1S/C14H15BrN2OS/c1-9-8-10(5-6-11(9)15)17-13(18)12-4-2-3-7-16(12)14(17)19/h5-6,8,12H,2-4,7H2,1H3. The Kier molecular flexibility index (Phi) is 3.35. The Bertz CT molecular complexity index is 536. The van der Waals surface area contributed by atoms with Crippen LogP contribution in [0.2, 0.25) is 0 Å². The molecule has 2 fully saturated rings. The molecule has 0 radical (unpaired) electrons. The maximum atomic E-state index is 12.5. The van der Waals surface area contributed by atoms with E-state index in [0.29, 0.717) is 5.11 Å². The molecule has 0 saturated carbocycles. The van der Waals surface area contributed by atoms with E-state index in [1.807, 2.05) is 25.1 Å². The highest BCUT2D eigenvalue weighted by atomic mass is 79.9. The minimum atomic E-state index is -0.0368. The Balaban J connectivity index is 1.98. The molecule has 19 heavy (non-hydrogen) atoms. The van der Waals surface area contributed by atoms with Crippen LogP contribution in [0.5, 0.6) is 0 Å². The van der Waals surface area contributed by atoms with Gasteiger partial charge in [-0.3, -0.25) is 9.69 Å². The Morgan fingerprint density at radius 3 is 2.84 bits per heavy atom. The van der Waals surface area contributed by atoms with Crippen LogP contribution < -0.4 is 4.90 Å². The average molecular weight is 339 g/mol. The highest BCUT2D eigenvalue weighted by molar-refractivity contribution is 9.10. The Morgan fingerprint density at radius 2 is 2.16 bits per heavy atom. The highest BCUT2D eigenvalue weighted by Gasteiger charge is 2.43. The van der Waals surface area contributed by atoms with Crippen molar-refractivity contribution < 1.29 is 4.79 Å². The van der Waals surface area contributed by atoms with Gasteiger partial charge in [0.05, 0.1) is 5.69 Å². The smallest absolute Gasteiger partial charge is 0.256 e. The number of rotatable bonds is 1. The summed E-state index contributed by atoms with van der Waals surface area (Å²) in [6.45, 7) is 2.92. The van der Waals surface area contributed by atoms with E-state index in [1.165, 1.54) is 0 Å². The van der Waals surface area contributed by atoms with Crippen molar-refractivity contribution in [2.45, 2.75) is 32.2 Å². The largest absolute Gasteiger partial charge is 0.336 e. The minimum absolute atomic E-state index is 0.0368. The van der Waals surface area contributed by atoms with Gasteiger partial charge in [0, 0.05) is 11.0 Å². The van der Waals surface area contributed by atoms with Crippen LogP contribution >= 0.6 is 28.1 Å². The van der Waals surface area contributed by atoms with Crippen LogP contribution in [0.3, 0.4) is 0 Å². The number of hydrogen-bond acceptors (Lipinski definition) is 2. The number of anilines is 1. The summed E-state index contributed by atoms with van der Waals surface area (Å²) >= 11 is 8.98. The van der Waals surface area contributed by atoms with Crippen molar-refractivity contribution in [1.82, 2.24) is 4.90 Å². The predicted molar refractivity (Wildman–Crippen MR) is 83.3 cm³/mol. The second-order valence-electron chi connectivity index (χ2n) is 5.09. The van der Waals surface area contributed by atoms with Crippen molar-refractivity contribution in [2.75, 3.05) is 11.4 Å². The number of carbonyl (C=O) groups is 1. The Hall–Kier alpha value is -0.940. The van der Waals surface area contributed by atoms with Gasteiger partial charge in [-0.25, -0.2) is 0 Å². The maximum Gasteiger partial charge on any atom is 0.256 e. The molecule has 1 aromatic rings. The van der Waals surface area contributed by atoms with Crippen LogP contribution in [0.4, 0.5) is 5.69 Å². The normalized spacial score (nSPS) is 22.9. The summed E-state index contributed by atoms with van der Waals surface area (Å²) in [4.78, 5) is 16.3. The summed E-state index contributed by atoms with van der Waals surface area (Å²) in [5, 5.41) is 0.663. The quantitative estimate of drug-likeness (QED) is 0.734. The fraction of sp³-hybridized carbons (Fsp3) is 0.429. The molecule has 0 bridgehead atoms. The van der Waals surface area contributed by atoms with Gasteiger partial charge in [-0.2, -0.15) is 0 Å². The van der Waals surface area contributed by atoms with E-state index >= 15 is 0 Å². The first-order valence-electron chi connectivity index (χ1n) is 6.50. The summed E-state index contributed by atoms with van der Waals surface area (Å²) in [5.41, 5.74) is 1.99. The van der Waals surface area contributed by atoms with Crippen molar-refractivity contribution in [3.8, 4) is 0 Å². The SMILES string of the molecule is Cc1cc(N2C(=O)C3CCCCN3C2=S)ccc1Br. The number of hydrogen-bond donors (Lipinski definition) is 0. The first-order chi connectivity index (χ1) is 9.09. The van der Waals surface area contributed by atoms with Gasteiger partial charge in [-0.05, 0) is 62.2 Å². The van der Waals surface area contributed by atoms with Crippen LogP contribution in [-0.2, 0) is 4.79 Å². The van der Waals surface area contributed by atoms with Crippen LogP contribution in [0.25, 0.3) is 0 Å². The molecule has 2 saturated heterocycles. The fourth-order valence-corrected chi connectivity index (χ4v) is 3.46. The van der Waals surface area contributed by atoms with Crippen molar-refractivity contribution in [3.63, 3.8) is 0 Å². The predicted octanol–water partition coefficient (Wildman–Crippen LogP) is 3.24. The number of carbonyl (C=O) groups excluding carboxylic acids is 1. The van der Waals surface area contributed by atoms with Crippen molar-refractivity contribution in [3.05, 3.63) is 28.2 Å². The molecule has 0 aromatic heterocycles. The summed E-state index contributed by atoms with van der Waals surface area (Å²) in [6, 6.07) is 5.88. The van der Waals surface area contributed by atoms with Gasteiger partial charge in [0.1, 0.15) is 6.04 Å². The van der Waals surface area contributed by atoms with Gasteiger partial charge in [-0.1, -0.05) is 15.9 Å². The lowest BCUT2D eigenvalue weighted by Gasteiger charge is -2.27. The zero-order chi connectivity index (χ0) is 13.6. The number of amides is 1. The lowest BCUT2D eigenvalue weighted by atomic mass is 10.0. The van der Waals surface area contributed by atoms with E-state index < -0.39 is 0 Å². The van der Waals surface area contributed by atoms with Gasteiger partial charge in [-0.15, -0.1) is 0 Å². The third-order valence-electron chi connectivity index (χ3n) is 3.84. The molecular weight excluding hydrogens is 324 g/mol. The van der Waals surface area contributed by atoms with Crippen molar-refractivity contribution >= 4 is 44.9 Å². The zero-order valence-electron chi connectivity index (χ0n) is 10.7. The van der Waals surface area contributed by atoms with Gasteiger partial charge < -0.3 is 4.90 Å². The molecule has 1 unspecified atom stereocenters. The van der Waals surface area contributed by atoms with Crippen LogP contribution in [0, 0.1) is 6.92 Å². The molecule has 2 aliphatic rings. The average Bonchev–Trinajstić information content (AvgIpc) is 2.66. The zero-order valence-corrected chi connectivity index (χ0v) is 13.1. The van der Waals surface area contributed by atoms with Crippen molar-refractivity contribution in [1.29, 1.82) is 0 Å². The fourth-order valence-electron chi connectivity index (χ4n) is 2.79. The van der Waals surface area contributed by atoms with E-state index in [-0.39, 0.29) is 11.9 Å². The monoisotopic (exact) mass is 338 g/mol. The first kappa shape index (κ1) is 13.1. The van der Waals surface area contributed by atoms with Gasteiger partial charge in [0.25, 0.3) is 5.91 Å². The third kappa shape index (κ3) is 2.09. The minimum Gasteiger partial charge on any atom is -0.336 e. The lowest BCUT2D eigenvalue weighted by molar-refractivity contribution is -0.120. The second-order valence-corrected chi connectivity index (χ2v) is 6.31. The molecule has 3 nitrogen and oxygen atoms in total. The molecule has 1 aromatic carbocycles. The molecule has 100 valence electrons. The number of fused-ring (bicyclic) bond motifs is 1. The van der Waals surface area contributed by atoms with E-state index in [4.69, 9.17) is 12.2 Å². The molecule has 1 amide bonds. The summed E-state index contributed by atoms with van der Waals surface area (Å²) < 4.78 is 1.05.